The van der Waals surface area contributed by atoms with E-state index in [0.29, 0.717) is 54.2 Å². The van der Waals surface area contributed by atoms with Gasteiger partial charge in [0.15, 0.2) is 11.5 Å². The van der Waals surface area contributed by atoms with Crippen LogP contribution in [-0.2, 0) is 6.42 Å². The number of nitrogens with zero attached hydrogens (tertiary/aromatic N) is 3. The number of benzene rings is 1. The summed E-state index contributed by atoms with van der Waals surface area (Å²) in [5.41, 5.74) is 1.20. The van der Waals surface area contributed by atoms with E-state index in [9.17, 15) is 9.18 Å². The smallest absolute Gasteiger partial charge is 0.258 e. The van der Waals surface area contributed by atoms with E-state index in [4.69, 9.17) is 9.47 Å². The first kappa shape index (κ1) is 18.2. The van der Waals surface area contributed by atoms with Crippen LogP contribution in [0.4, 0.5) is 10.2 Å². The zero-order valence-corrected chi connectivity index (χ0v) is 15.7. The van der Waals surface area contributed by atoms with Gasteiger partial charge in [-0.2, -0.15) is 0 Å². The summed E-state index contributed by atoms with van der Waals surface area (Å²) in [6.45, 7) is 1.07. The Balaban J connectivity index is 1.60. The van der Waals surface area contributed by atoms with Gasteiger partial charge in [-0.3, -0.25) is 4.79 Å². The lowest BCUT2D eigenvalue weighted by Crippen LogP contribution is -2.21. The molecule has 1 atom stereocenters. The molecule has 0 bridgehead atoms. The van der Waals surface area contributed by atoms with Crippen molar-refractivity contribution < 1.29 is 13.9 Å². The van der Waals surface area contributed by atoms with Gasteiger partial charge in [0.05, 0.1) is 31.7 Å². The van der Waals surface area contributed by atoms with Gasteiger partial charge in [-0.25, -0.2) is 14.4 Å². The van der Waals surface area contributed by atoms with Crippen LogP contribution in [0, 0.1) is 0 Å². The molecule has 3 aromatic rings. The van der Waals surface area contributed by atoms with Gasteiger partial charge in [0.1, 0.15) is 17.8 Å². The molecule has 1 aromatic carbocycles. The summed E-state index contributed by atoms with van der Waals surface area (Å²) in [7, 11) is 3.06. The Bertz CT molecular complexity index is 1050. The molecule has 3 heterocycles. The summed E-state index contributed by atoms with van der Waals surface area (Å²) in [6, 6.07) is 7.11. The Morgan fingerprint density at radius 1 is 1.25 bits per heavy atom. The Labute approximate surface area is 161 Å². The number of aromatic nitrogens is 3. The minimum absolute atomic E-state index is 0.239. The van der Waals surface area contributed by atoms with E-state index in [1.165, 1.54) is 14.2 Å². The van der Waals surface area contributed by atoms with Crippen LogP contribution in [-0.4, -0.2) is 48.4 Å². The predicted octanol–water partition coefficient (Wildman–Crippen LogP) is 2.47. The topological polar surface area (TPSA) is 80.3 Å². The molecule has 0 radical (unpaired) electrons. The van der Waals surface area contributed by atoms with Crippen LogP contribution in [0.15, 0.2) is 35.3 Å². The molecule has 0 saturated carbocycles. The van der Waals surface area contributed by atoms with Crippen molar-refractivity contribution in [3.63, 3.8) is 0 Å². The van der Waals surface area contributed by atoms with Crippen molar-refractivity contribution in [3.05, 3.63) is 52.2 Å². The lowest BCUT2D eigenvalue weighted by atomic mass is 10.1. The van der Waals surface area contributed by atoms with E-state index in [-0.39, 0.29) is 5.56 Å². The zero-order chi connectivity index (χ0) is 19.7. The second kappa shape index (κ2) is 7.46. The van der Waals surface area contributed by atoms with E-state index in [1.807, 2.05) is 17.0 Å². The number of anilines is 1. The number of alkyl halides is 1. The molecule has 4 rings (SSSR count). The van der Waals surface area contributed by atoms with Gasteiger partial charge < -0.3 is 19.4 Å². The third kappa shape index (κ3) is 3.49. The predicted molar refractivity (Wildman–Crippen MR) is 104 cm³/mol. The summed E-state index contributed by atoms with van der Waals surface area (Å²) >= 11 is 0. The Morgan fingerprint density at radius 3 is 2.68 bits per heavy atom. The molecule has 1 fully saturated rings. The largest absolute Gasteiger partial charge is 0.493 e. The van der Waals surface area contributed by atoms with Crippen LogP contribution in [0.3, 0.4) is 0 Å². The SMILES string of the molecule is COc1cc2nc(Cc3ccc(N4CC[C@H](F)C4)nc3)[nH]c(=O)c2cc1OC. The Morgan fingerprint density at radius 2 is 2.04 bits per heavy atom. The van der Waals surface area contributed by atoms with E-state index in [0.717, 1.165) is 11.4 Å². The van der Waals surface area contributed by atoms with E-state index in [2.05, 4.69) is 15.0 Å². The third-order valence-corrected chi connectivity index (χ3v) is 4.90. The molecule has 28 heavy (non-hydrogen) atoms. The minimum Gasteiger partial charge on any atom is -0.493 e. The van der Waals surface area contributed by atoms with Gasteiger partial charge >= 0.3 is 0 Å². The standard InChI is InChI=1S/C20H21FN4O3/c1-27-16-8-14-15(9-17(16)28-2)23-18(24-20(14)26)7-12-3-4-19(22-10-12)25-6-5-13(21)11-25/h3-4,8-10,13H,5-7,11H2,1-2H3,(H,23,24,26)/t13-/m0/s1. The van der Waals surface area contributed by atoms with Crippen molar-refractivity contribution in [2.24, 2.45) is 0 Å². The Hall–Kier alpha value is -3.16. The van der Waals surface area contributed by atoms with E-state index < -0.39 is 6.17 Å². The highest BCUT2D eigenvalue weighted by molar-refractivity contribution is 5.81. The number of H-pyrrole nitrogens is 1. The number of nitrogens with one attached hydrogen (secondary N) is 1. The number of hydrogen-bond acceptors (Lipinski definition) is 6. The summed E-state index contributed by atoms with van der Waals surface area (Å²) in [4.78, 5) is 26.2. The first-order valence-corrected chi connectivity index (χ1v) is 9.06. The second-order valence-corrected chi connectivity index (χ2v) is 6.77. The third-order valence-electron chi connectivity index (χ3n) is 4.90. The van der Waals surface area contributed by atoms with E-state index in [1.54, 1.807) is 18.3 Å². The van der Waals surface area contributed by atoms with Crippen LogP contribution >= 0.6 is 0 Å². The van der Waals surface area contributed by atoms with Gasteiger partial charge in [0, 0.05) is 25.2 Å². The molecular weight excluding hydrogens is 363 g/mol. The van der Waals surface area contributed by atoms with Crippen LogP contribution in [0.2, 0.25) is 0 Å². The summed E-state index contributed by atoms with van der Waals surface area (Å²) < 4.78 is 23.9. The minimum atomic E-state index is -0.788. The summed E-state index contributed by atoms with van der Waals surface area (Å²) in [6.07, 6.45) is 1.92. The molecule has 0 aliphatic carbocycles. The van der Waals surface area contributed by atoms with Crippen LogP contribution in [0.1, 0.15) is 17.8 Å². The van der Waals surface area contributed by atoms with Crippen LogP contribution in [0.25, 0.3) is 10.9 Å². The maximum Gasteiger partial charge on any atom is 0.258 e. The first-order valence-electron chi connectivity index (χ1n) is 9.06. The second-order valence-electron chi connectivity index (χ2n) is 6.77. The van der Waals surface area contributed by atoms with Gasteiger partial charge in [-0.1, -0.05) is 6.07 Å². The molecule has 1 aliphatic heterocycles. The maximum absolute atomic E-state index is 13.4. The molecule has 1 saturated heterocycles. The average molecular weight is 384 g/mol. The number of ether oxygens (including phenoxy) is 2. The quantitative estimate of drug-likeness (QED) is 0.728. The number of hydrogen-bond donors (Lipinski definition) is 1. The number of rotatable bonds is 5. The molecule has 0 spiro atoms. The van der Waals surface area contributed by atoms with Crippen molar-refractivity contribution in [3.8, 4) is 11.5 Å². The zero-order valence-electron chi connectivity index (χ0n) is 15.7. The highest BCUT2D eigenvalue weighted by Gasteiger charge is 2.22. The molecule has 7 nitrogen and oxygen atoms in total. The molecule has 1 N–H and O–H groups in total. The monoisotopic (exact) mass is 384 g/mol. The van der Waals surface area contributed by atoms with E-state index >= 15 is 0 Å². The fourth-order valence-electron chi connectivity index (χ4n) is 3.43. The van der Waals surface area contributed by atoms with Crippen molar-refractivity contribution in [1.29, 1.82) is 0 Å². The normalized spacial score (nSPS) is 16.5. The first-order chi connectivity index (χ1) is 13.6. The van der Waals surface area contributed by atoms with Crippen molar-refractivity contribution in [2.45, 2.75) is 19.0 Å². The lowest BCUT2D eigenvalue weighted by molar-refractivity contribution is 0.355. The van der Waals surface area contributed by atoms with Gasteiger partial charge in [-0.05, 0) is 24.1 Å². The lowest BCUT2D eigenvalue weighted by Gasteiger charge is -2.16. The summed E-state index contributed by atoms with van der Waals surface area (Å²) in [5, 5.41) is 0.435. The van der Waals surface area contributed by atoms with Gasteiger partial charge in [0.2, 0.25) is 0 Å². The fourth-order valence-corrected chi connectivity index (χ4v) is 3.43. The highest BCUT2D eigenvalue weighted by Crippen LogP contribution is 2.30. The number of fused-ring (bicyclic) bond motifs is 1. The molecule has 0 unspecified atom stereocenters. The number of aromatic amines is 1. The molecule has 0 amide bonds. The molecular formula is C20H21FN4O3. The average Bonchev–Trinajstić information content (AvgIpc) is 3.14. The highest BCUT2D eigenvalue weighted by atomic mass is 19.1. The number of methoxy groups -OCH3 is 2. The fraction of sp³-hybridized carbons (Fsp3) is 0.350. The molecule has 8 heteroatoms. The molecule has 146 valence electrons. The number of pyridine rings is 1. The van der Waals surface area contributed by atoms with Crippen LogP contribution < -0.4 is 19.9 Å². The van der Waals surface area contributed by atoms with Gasteiger partial charge in [-0.15, -0.1) is 0 Å². The van der Waals surface area contributed by atoms with Gasteiger partial charge in [0.25, 0.3) is 5.56 Å². The number of halogens is 1. The molecule has 1 aliphatic rings. The molecule has 2 aromatic heterocycles. The summed E-state index contributed by atoms with van der Waals surface area (Å²) in [5.74, 6) is 2.29. The maximum atomic E-state index is 13.4. The van der Waals surface area contributed by atoms with Crippen LogP contribution in [0.5, 0.6) is 11.5 Å². The van der Waals surface area contributed by atoms with Crippen molar-refractivity contribution >= 4 is 16.7 Å². The Kier molecular flexibility index (Phi) is 4.85. The van der Waals surface area contributed by atoms with Crippen molar-refractivity contribution in [1.82, 2.24) is 15.0 Å². The van der Waals surface area contributed by atoms with Crippen molar-refractivity contribution in [2.75, 3.05) is 32.2 Å².